The number of sulfonamides is 1. The first kappa shape index (κ1) is 18.7. The molecule has 10 heteroatoms. The molecule has 8 nitrogen and oxygen atoms in total. The van der Waals surface area contributed by atoms with Crippen LogP contribution in [0.3, 0.4) is 0 Å². The highest BCUT2D eigenvalue weighted by Gasteiger charge is 2.28. The van der Waals surface area contributed by atoms with Crippen LogP contribution in [0.25, 0.3) is 0 Å². The van der Waals surface area contributed by atoms with Gasteiger partial charge in [0.05, 0.1) is 12.4 Å². The lowest BCUT2D eigenvalue weighted by Crippen LogP contribution is -2.53. The molecule has 0 aliphatic carbocycles. The topological polar surface area (TPSA) is 91.0 Å². The van der Waals surface area contributed by atoms with Crippen LogP contribution in [0, 0.1) is 0 Å². The Kier molecular flexibility index (Phi) is 6.98. The van der Waals surface area contributed by atoms with E-state index in [-0.39, 0.29) is 5.75 Å². The number of alkyl halides is 1. The summed E-state index contributed by atoms with van der Waals surface area (Å²) in [4.78, 5) is 6.38. The number of aromatic nitrogens is 1. The van der Waals surface area contributed by atoms with Crippen molar-refractivity contribution in [2.45, 2.75) is 19.1 Å². The van der Waals surface area contributed by atoms with Gasteiger partial charge in [-0.15, -0.1) is 0 Å². The molecule has 1 aliphatic rings. The van der Waals surface area contributed by atoms with Crippen molar-refractivity contribution >= 4 is 16.0 Å². The molecule has 1 saturated heterocycles. The van der Waals surface area contributed by atoms with E-state index in [0.29, 0.717) is 57.3 Å². The summed E-state index contributed by atoms with van der Waals surface area (Å²) in [6, 6.07) is 1.55. The number of guanidine groups is 1. The van der Waals surface area contributed by atoms with E-state index in [4.69, 9.17) is 0 Å². The minimum absolute atomic E-state index is 0.159. The van der Waals surface area contributed by atoms with E-state index >= 15 is 0 Å². The summed E-state index contributed by atoms with van der Waals surface area (Å²) in [5.74, 6) is 0.549. The fourth-order valence-corrected chi connectivity index (χ4v) is 3.86. The van der Waals surface area contributed by atoms with Crippen LogP contribution in [0.15, 0.2) is 21.8 Å². The quantitative estimate of drug-likeness (QED) is 0.431. The predicted octanol–water partition coefficient (Wildman–Crippen LogP) is 0.447. The van der Waals surface area contributed by atoms with Gasteiger partial charge in [-0.2, -0.15) is 4.31 Å². The summed E-state index contributed by atoms with van der Waals surface area (Å²) in [5, 5.41) is 6.82. The Morgan fingerprint density at radius 2 is 2.17 bits per heavy atom. The minimum Gasteiger partial charge on any atom is -0.364 e. The third-order valence-corrected chi connectivity index (χ3v) is 5.45. The molecule has 0 amide bonds. The van der Waals surface area contributed by atoms with Gasteiger partial charge >= 0.3 is 0 Å². The molecule has 0 aromatic carbocycles. The van der Waals surface area contributed by atoms with E-state index < -0.39 is 16.7 Å². The number of nitrogens with one attached hydrogen (secondary N) is 1. The minimum atomic E-state index is -3.41. The number of hydrogen-bond donors (Lipinski definition) is 1. The lowest BCUT2D eigenvalue weighted by molar-refractivity contribution is 0.259. The molecule has 2 rings (SSSR count). The van der Waals surface area contributed by atoms with Gasteiger partial charge in [0.2, 0.25) is 10.0 Å². The van der Waals surface area contributed by atoms with Crippen LogP contribution in [-0.4, -0.2) is 74.7 Å². The van der Waals surface area contributed by atoms with E-state index in [1.807, 2.05) is 11.8 Å². The lowest BCUT2D eigenvalue weighted by atomic mass is 10.4. The molecule has 0 bridgehead atoms. The average molecular weight is 361 g/mol. The number of aliphatic imine (C=N–C) groups is 1. The zero-order valence-electron chi connectivity index (χ0n) is 13.8. The van der Waals surface area contributed by atoms with Gasteiger partial charge < -0.3 is 14.7 Å². The molecule has 1 fully saturated rings. The zero-order valence-corrected chi connectivity index (χ0v) is 14.6. The van der Waals surface area contributed by atoms with Gasteiger partial charge in [-0.05, 0) is 13.3 Å². The standard InChI is InChI=1S/C14H24FN5O3S/c1-2-16-14(17-6-3-5-15)19-7-9-20(10-8-19)24(21,22)12-13-4-11-23-18-13/h4,11H,2-3,5-10,12H2,1H3,(H,16,17). The molecule has 1 aromatic rings. The third kappa shape index (κ3) is 5.17. The maximum Gasteiger partial charge on any atom is 0.220 e. The molecule has 136 valence electrons. The van der Waals surface area contributed by atoms with Gasteiger partial charge in [-0.25, -0.2) is 8.42 Å². The number of nitrogens with zero attached hydrogens (tertiary/aromatic N) is 4. The van der Waals surface area contributed by atoms with E-state index in [0.717, 1.165) is 0 Å². The van der Waals surface area contributed by atoms with Gasteiger partial charge in [0.15, 0.2) is 5.96 Å². The second kappa shape index (κ2) is 8.97. The van der Waals surface area contributed by atoms with Crippen molar-refractivity contribution in [2.75, 3.05) is 45.9 Å². The van der Waals surface area contributed by atoms with Crippen molar-refractivity contribution in [1.29, 1.82) is 0 Å². The summed E-state index contributed by atoms with van der Waals surface area (Å²) < 4.78 is 43.2. The molecular weight excluding hydrogens is 337 g/mol. The van der Waals surface area contributed by atoms with Gasteiger partial charge in [-0.3, -0.25) is 9.38 Å². The second-order valence-electron chi connectivity index (χ2n) is 5.41. The maximum absolute atomic E-state index is 12.4. The van der Waals surface area contributed by atoms with Crippen LogP contribution in [-0.2, 0) is 15.8 Å². The number of rotatable bonds is 7. The van der Waals surface area contributed by atoms with E-state index in [1.54, 1.807) is 6.07 Å². The predicted molar refractivity (Wildman–Crippen MR) is 88.8 cm³/mol. The van der Waals surface area contributed by atoms with Crippen molar-refractivity contribution in [3.63, 3.8) is 0 Å². The monoisotopic (exact) mass is 361 g/mol. The Balaban J connectivity index is 1.92. The van der Waals surface area contributed by atoms with Gasteiger partial charge in [0, 0.05) is 45.3 Å². The summed E-state index contributed by atoms with van der Waals surface area (Å²) in [7, 11) is -3.41. The van der Waals surface area contributed by atoms with Crippen molar-refractivity contribution in [2.24, 2.45) is 4.99 Å². The summed E-state index contributed by atoms with van der Waals surface area (Å²) in [5.41, 5.74) is 0.401. The first-order valence-electron chi connectivity index (χ1n) is 8.03. The third-order valence-electron chi connectivity index (χ3n) is 3.64. The Morgan fingerprint density at radius 1 is 1.42 bits per heavy atom. The van der Waals surface area contributed by atoms with E-state index in [9.17, 15) is 12.8 Å². The lowest BCUT2D eigenvalue weighted by Gasteiger charge is -2.35. The molecule has 1 aromatic heterocycles. The molecule has 1 N–H and O–H groups in total. The average Bonchev–Trinajstić information content (AvgIpc) is 3.06. The SMILES string of the molecule is CCNC(=NCCCF)N1CCN(S(=O)(=O)Cc2ccon2)CC1. The van der Waals surface area contributed by atoms with Gasteiger partial charge in [0.25, 0.3) is 0 Å². The highest BCUT2D eigenvalue weighted by molar-refractivity contribution is 7.88. The van der Waals surface area contributed by atoms with Gasteiger partial charge in [0.1, 0.15) is 12.0 Å². The van der Waals surface area contributed by atoms with Crippen molar-refractivity contribution in [3.05, 3.63) is 18.0 Å². The second-order valence-corrected chi connectivity index (χ2v) is 7.38. The van der Waals surface area contributed by atoms with Crippen LogP contribution in [0.4, 0.5) is 4.39 Å². The molecule has 0 saturated carbocycles. The molecule has 0 unspecified atom stereocenters. The smallest absolute Gasteiger partial charge is 0.220 e. The van der Waals surface area contributed by atoms with Crippen LogP contribution >= 0.6 is 0 Å². The maximum atomic E-state index is 12.4. The Morgan fingerprint density at radius 3 is 2.75 bits per heavy atom. The van der Waals surface area contributed by atoms with Crippen molar-refractivity contribution < 1.29 is 17.3 Å². The summed E-state index contributed by atoms with van der Waals surface area (Å²) >= 11 is 0. The molecule has 24 heavy (non-hydrogen) atoms. The Hall–Kier alpha value is -1.68. The Labute approximate surface area is 141 Å². The van der Waals surface area contributed by atoms with Crippen LogP contribution in [0.1, 0.15) is 19.0 Å². The van der Waals surface area contributed by atoms with Crippen molar-refractivity contribution in [3.8, 4) is 0 Å². The molecule has 1 aliphatic heterocycles. The molecule has 2 heterocycles. The number of halogens is 1. The first-order valence-corrected chi connectivity index (χ1v) is 9.64. The van der Waals surface area contributed by atoms with Crippen LogP contribution in [0.2, 0.25) is 0 Å². The normalized spacial score (nSPS) is 17.2. The van der Waals surface area contributed by atoms with Gasteiger partial charge in [-0.1, -0.05) is 5.16 Å². The fraction of sp³-hybridized carbons (Fsp3) is 0.714. The zero-order chi connectivity index (χ0) is 17.4. The number of hydrogen-bond acceptors (Lipinski definition) is 5. The van der Waals surface area contributed by atoms with Crippen LogP contribution < -0.4 is 5.32 Å². The Bertz CT molecular complexity index is 612. The first-order chi connectivity index (χ1) is 11.6. The highest BCUT2D eigenvalue weighted by atomic mass is 32.2. The molecule has 0 spiro atoms. The molecule has 0 atom stereocenters. The van der Waals surface area contributed by atoms with E-state index in [2.05, 4.69) is 20.0 Å². The number of piperazine rings is 1. The summed E-state index contributed by atoms with van der Waals surface area (Å²) in [6.45, 7) is 4.54. The summed E-state index contributed by atoms with van der Waals surface area (Å²) in [6.07, 6.45) is 1.75. The fourth-order valence-electron chi connectivity index (χ4n) is 2.44. The highest BCUT2D eigenvalue weighted by Crippen LogP contribution is 2.12. The molecule has 0 radical (unpaired) electrons. The molecular formula is C14H24FN5O3S. The van der Waals surface area contributed by atoms with E-state index in [1.165, 1.54) is 10.6 Å². The largest absolute Gasteiger partial charge is 0.364 e. The van der Waals surface area contributed by atoms with Crippen molar-refractivity contribution in [1.82, 2.24) is 19.7 Å². The van der Waals surface area contributed by atoms with Crippen LogP contribution in [0.5, 0.6) is 0 Å².